The van der Waals surface area contributed by atoms with Crippen molar-refractivity contribution in [2.45, 2.75) is 26.3 Å². The molecular formula is C14H20N4O4S. The second kappa shape index (κ2) is 8.28. The lowest BCUT2D eigenvalue weighted by Crippen LogP contribution is -2.49. The number of thiazole rings is 1. The molecule has 0 bridgehead atoms. The van der Waals surface area contributed by atoms with Crippen molar-refractivity contribution in [2.75, 3.05) is 18.5 Å². The van der Waals surface area contributed by atoms with Gasteiger partial charge in [-0.05, 0) is 20.8 Å². The van der Waals surface area contributed by atoms with E-state index in [0.29, 0.717) is 11.7 Å². The zero-order chi connectivity index (χ0) is 17.5. The molecule has 1 aromatic rings. The summed E-state index contributed by atoms with van der Waals surface area (Å²) < 4.78 is 4.80. The molecule has 0 aliphatic rings. The highest BCUT2D eigenvalue weighted by molar-refractivity contribution is 7.13. The van der Waals surface area contributed by atoms with Crippen molar-refractivity contribution in [1.82, 2.24) is 15.6 Å². The molecule has 3 amide bonds. The molecule has 8 nitrogen and oxygen atoms in total. The van der Waals surface area contributed by atoms with Crippen LogP contribution in [0.15, 0.2) is 18.0 Å². The number of aromatic nitrogens is 1. The molecule has 0 aromatic carbocycles. The number of carbonyl (C=O) groups is 3. The molecule has 0 spiro atoms. The molecule has 126 valence electrons. The van der Waals surface area contributed by atoms with Gasteiger partial charge in [0.05, 0.1) is 0 Å². The van der Waals surface area contributed by atoms with Gasteiger partial charge in [-0.1, -0.05) is 6.08 Å². The first-order valence-electron chi connectivity index (χ1n) is 6.80. The number of anilines is 1. The van der Waals surface area contributed by atoms with Gasteiger partial charge in [-0.25, -0.2) is 14.6 Å². The van der Waals surface area contributed by atoms with Crippen molar-refractivity contribution in [3.05, 3.63) is 23.7 Å². The lowest BCUT2D eigenvalue weighted by atomic mass is 10.1. The van der Waals surface area contributed by atoms with Gasteiger partial charge in [0.2, 0.25) is 0 Å². The van der Waals surface area contributed by atoms with Gasteiger partial charge in [-0.15, -0.1) is 17.9 Å². The third-order valence-corrected chi connectivity index (χ3v) is 2.99. The van der Waals surface area contributed by atoms with E-state index in [1.807, 2.05) is 0 Å². The number of hydrogen-bond acceptors (Lipinski definition) is 7. The standard InChI is InChI=1S/C14H20N4O4S/c1-5-6-15-13-16-9(8-23-13)11(20)22-7-10(19)17-12(21)18-14(2,3)4/h5,8H,1,6-7H2,2-4H3,(H,15,16)(H2,17,18,19,21). The van der Waals surface area contributed by atoms with Gasteiger partial charge in [-0.3, -0.25) is 10.1 Å². The van der Waals surface area contributed by atoms with E-state index in [2.05, 4.69) is 27.5 Å². The highest BCUT2D eigenvalue weighted by Gasteiger charge is 2.18. The number of urea groups is 1. The maximum Gasteiger partial charge on any atom is 0.358 e. The number of carbonyl (C=O) groups excluding carboxylic acids is 3. The number of ether oxygens (including phenoxy) is 1. The predicted molar refractivity (Wildman–Crippen MR) is 87.5 cm³/mol. The molecule has 1 rings (SSSR count). The van der Waals surface area contributed by atoms with Crippen LogP contribution in [0.5, 0.6) is 0 Å². The van der Waals surface area contributed by atoms with E-state index in [-0.39, 0.29) is 5.69 Å². The highest BCUT2D eigenvalue weighted by atomic mass is 32.1. The first-order chi connectivity index (χ1) is 10.7. The Labute approximate surface area is 138 Å². The Morgan fingerprint density at radius 3 is 2.70 bits per heavy atom. The monoisotopic (exact) mass is 340 g/mol. The van der Waals surface area contributed by atoms with Gasteiger partial charge < -0.3 is 15.4 Å². The van der Waals surface area contributed by atoms with Crippen LogP contribution in [0.4, 0.5) is 9.93 Å². The molecule has 1 heterocycles. The molecule has 1 aromatic heterocycles. The van der Waals surface area contributed by atoms with E-state index in [0.717, 1.165) is 0 Å². The molecule has 0 saturated carbocycles. The molecule has 0 saturated heterocycles. The van der Waals surface area contributed by atoms with Crippen LogP contribution in [0.3, 0.4) is 0 Å². The molecule has 3 N–H and O–H groups in total. The molecule has 0 aliphatic carbocycles. The number of rotatable bonds is 6. The first kappa shape index (κ1) is 18.6. The maximum absolute atomic E-state index is 11.7. The van der Waals surface area contributed by atoms with Crippen LogP contribution in [0, 0.1) is 0 Å². The second-order valence-corrected chi connectivity index (χ2v) is 6.39. The van der Waals surface area contributed by atoms with Gasteiger partial charge in [0, 0.05) is 17.5 Å². The lowest BCUT2D eigenvalue weighted by molar-refractivity contribution is -0.123. The van der Waals surface area contributed by atoms with Crippen molar-refractivity contribution in [3.8, 4) is 0 Å². The van der Waals surface area contributed by atoms with E-state index in [1.165, 1.54) is 16.7 Å². The Balaban J connectivity index is 2.40. The topological polar surface area (TPSA) is 109 Å². The molecule has 23 heavy (non-hydrogen) atoms. The third-order valence-electron chi connectivity index (χ3n) is 2.19. The Hall–Kier alpha value is -2.42. The number of nitrogens with zero attached hydrogens (tertiary/aromatic N) is 1. The summed E-state index contributed by atoms with van der Waals surface area (Å²) in [7, 11) is 0. The van der Waals surface area contributed by atoms with Crippen molar-refractivity contribution in [1.29, 1.82) is 0 Å². The van der Waals surface area contributed by atoms with Crippen LogP contribution in [0.1, 0.15) is 31.3 Å². The minimum absolute atomic E-state index is 0.0912. The fraction of sp³-hybridized carbons (Fsp3) is 0.429. The van der Waals surface area contributed by atoms with Crippen LogP contribution in [0.25, 0.3) is 0 Å². The van der Waals surface area contributed by atoms with Crippen LogP contribution >= 0.6 is 11.3 Å². The highest BCUT2D eigenvalue weighted by Crippen LogP contribution is 2.15. The van der Waals surface area contributed by atoms with Gasteiger partial charge >= 0.3 is 12.0 Å². The smallest absolute Gasteiger partial charge is 0.358 e. The van der Waals surface area contributed by atoms with Crippen LogP contribution in [0.2, 0.25) is 0 Å². The van der Waals surface area contributed by atoms with Crippen molar-refractivity contribution in [3.63, 3.8) is 0 Å². The van der Waals surface area contributed by atoms with Crippen molar-refractivity contribution < 1.29 is 19.1 Å². The summed E-state index contributed by atoms with van der Waals surface area (Å²) in [5.41, 5.74) is -0.385. The zero-order valence-corrected chi connectivity index (χ0v) is 14.1. The number of amides is 3. The summed E-state index contributed by atoms with van der Waals surface area (Å²) in [4.78, 5) is 38.8. The Morgan fingerprint density at radius 1 is 1.39 bits per heavy atom. The third kappa shape index (κ3) is 7.41. The molecular weight excluding hydrogens is 320 g/mol. The minimum Gasteiger partial charge on any atom is -0.451 e. The van der Waals surface area contributed by atoms with Gasteiger partial charge in [0.15, 0.2) is 17.4 Å². The fourth-order valence-electron chi connectivity index (χ4n) is 1.35. The Kier molecular flexibility index (Phi) is 6.70. The van der Waals surface area contributed by atoms with Crippen LogP contribution < -0.4 is 16.0 Å². The van der Waals surface area contributed by atoms with Crippen LogP contribution in [-0.2, 0) is 9.53 Å². The summed E-state index contributed by atoms with van der Waals surface area (Å²) in [5.74, 6) is -1.46. The maximum atomic E-state index is 11.7. The normalized spacial score (nSPS) is 10.6. The van der Waals surface area contributed by atoms with E-state index in [9.17, 15) is 14.4 Å². The quantitative estimate of drug-likeness (QED) is 0.535. The molecule has 0 radical (unpaired) electrons. The number of esters is 1. The predicted octanol–water partition coefficient (Wildman–Crippen LogP) is 1.52. The largest absolute Gasteiger partial charge is 0.451 e. The minimum atomic E-state index is -0.737. The molecule has 0 unspecified atom stereocenters. The van der Waals surface area contributed by atoms with Crippen molar-refractivity contribution >= 4 is 34.4 Å². The fourth-order valence-corrected chi connectivity index (χ4v) is 2.04. The molecule has 9 heteroatoms. The SMILES string of the molecule is C=CCNc1nc(C(=O)OCC(=O)NC(=O)NC(C)(C)C)cs1. The Morgan fingerprint density at radius 2 is 2.09 bits per heavy atom. The van der Waals surface area contributed by atoms with Gasteiger partial charge in [0.25, 0.3) is 5.91 Å². The lowest BCUT2D eigenvalue weighted by Gasteiger charge is -2.20. The summed E-state index contributed by atoms with van der Waals surface area (Å²) in [5, 5.41) is 9.61. The van der Waals surface area contributed by atoms with Gasteiger partial charge in [0.1, 0.15) is 0 Å². The number of hydrogen-bond donors (Lipinski definition) is 3. The summed E-state index contributed by atoms with van der Waals surface area (Å²) in [6.07, 6.45) is 1.66. The summed E-state index contributed by atoms with van der Waals surface area (Å²) in [6.45, 7) is 8.84. The second-order valence-electron chi connectivity index (χ2n) is 5.54. The molecule has 0 fully saturated rings. The Bertz CT molecular complexity index is 592. The average Bonchev–Trinajstić information content (AvgIpc) is 2.89. The van der Waals surface area contributed by atoms with E-state index >= 15 is 0 Å². The first-order valence-corrected chi connectivity index (χ1v) is 7.68. The summed E-state index contributed by atoms with van der Waals surface area (Å²) >= 11 is 1.23. The molecule has 0 aliphatic heterocycles. The zero-order valence-electron chi connectivity index (χ0n) is 13.3. The van der Waals surface area contributed by atoms with Gasteiger partial charge in [-0.2, -0.15) is 0 Å². The van der Waals surface area contributed by atoms with Crippen LogP contribution in [-0.4, -0.2) is 41.6 Å². The average molecular weight is 340 g/mol. The van der Waals surface area contributed by atoms with E-state index in [4.69, 9.17) is 4.74 Å². The van der Waals surface area contributed by atoms with Crippen molar-refractivity contribution in [2.24, 2.45) is 0 Å². The summed E-state index contributed by atoms with van der Waals surface area (Å²) in [6, 6.07) is -0.650. The van der Waals surface area contributed by atoms with E-state index < -0.39 is 30.1 Å². The van der Waals surface area contributed by atoms with E-state index in [1.54, 1.807) is 26.8 Å². The molecule has 0 atom stereocenters. The number of nitrogens with one attached hydrogen (secondary N) is 3. The number of imide groups is 1.